The molecular weight excluding hydrogens is 615 g/mol. The molecule has 4 saturated carbocycles. The van der Waals surface area contributed by atoms with Crippen LogP contribution in [0.3, 0.4) is 0 Å². The van der Waals surface area contributed by atoms with E-state index in [4.69, 9.17) is 0 Å². The fourth-order valence-electron chi connectivity index (χ4n) is 13.5. The van der Waals surface area contributed by atoms with E-state index in [-0.39, 0.29) is 27.1 Å². The van der Waals surface area contributed by atoms with Crippen LogP contribution in [0.25, 0.3) is 11.1 Å². The smallest absolute Gasteiger partial charge is 0.0502 e. The molecule has 0 unspecified atom stereocenters. The minimum absolute atomic E-state index is 0.0823. The maximum absolute atomic E-state index is 2.77. The molecule has 0 amide bonds. The predicted octanol–water partition coefficient (Wildman–Crippen LogP) is 13.6. The SMILES string of the molecule is CC1(C)CCC(C)(C)c2c(N(c3ccc4c(c3)C3(c5ccccc5-4)C4CC5CC(C4)CC3C5)c3cccc4c3C(C)(C)CCC4(C)C)cccc21. The van der Waals surface area contributed by atoms with Gasteiger partial charge in [0.25, 0.3) is 0 Å². The highest BCUT2D eigenvalue weighted by Gasteiger charge is 2.61. The Labute approximate surface area is 308 Å². The molecule has 1 spiro atoms. The lowest BCUT2D eigenvalue weighted by Gasteiger charge is -2.61. The molecule has 4 bridgehead atoms. The van der Waals surface area contributed by atoms with E-state index in [1.54, 1.807) is 22.3 Å². The first-order chi connectivity index (χ1) is 24.2. The average Bonchev–Trinajstić information content (AvgIpc) is 3.38. The van der Waals surface area contributed by atoms with E-state index in [0.29, 0.717) is 0 Å². The number of hydrogen-bond acceptors (Lipinski definition) is 1. The number of nitrogens with zero attached hydrogens (tertiary/aromatic N) is 1. The van der Waals surface area contributed by atoms with Crippen molar-refractivity contribution in [3.05, 3.63) is 112 Å². The van der Waals surface area contributed by atoms with Crippen molar-refractivity contribution in [3.63, 3.8) is 0 Å². The third-order valence-electron chi connectivity index (χ3n) is 15.9. The van der Waals surface area contributed by atoms with Crippen molar-refractivity contribution in [1.29, 1.82) is 0 Å². The van der Waals surface area contributed by atoms with Gasteiger partial charge in [0.2, 0.25) is 0 Å². The van der Waals surface area contributed by atoms with Crippen molar-refractivity contribution >= 4 is 17.1 Å². The molecular formula is C50H59N. The molecule has 0 aliphatic heterocycles. The van der Waals surface area contributed by atoms with Crippen LogP contribution in [0.2, 0.25) is 0 Å². The molecule has 0 N–H and O–H groups in total. The molecule has 4 fully saturated rings. The number of anilines is 3. The Balaban J connectivity index is 1.27. The van der Waals surface area contributed by atoms with Gasteiger partial charge in [0.1, 0.15) is 0 Å². The highest BCUT2D eigenvalue weighted by Crippen LogP contribution is 2.70. The lowest BCUT2D eigenvalue weighted by atomic mass is 9.43. The van der Waals surface area contributed by atoms with Gasteiger partial charge in [-0.15, -0.1) is 0 Å². The van der Waals surface area contributed by atoms with Gasteiger partial charge in [-0.3, -0.25) is 0 Å². The van der Waals surface area contributed by atoms with Crippen LogP contribution in [0.1, 0.15) is 147 Å². The van der Waals surface area contributed by atoms with Crippen molar-refractivity contribution in [2.45, 2.75) is 140 Å². The Hall–Kier alpha value is -3.32. The lowest BCUT2D eigenvalue weighted by Crippen LogP contribution is -2.55. The third-order valence-corrected chi connectivity index (χ3v) is 15.9. The second kappa shape index (κ2) is 10.4. The summed E-state index contributed by atoms with van der Waals surface area (Å²) in [5.74, 6) is 3.40. The molecule has 7 aliphatic rings. The molecule has 1 heteroatoms. The largest absolute Gasteiger partial charge is 0.310 e. The second-order valence-electron chi connectivity index (χ2n) is 20.7. The number of fused-ring (bicyclic) bond motifs is 5. The minimum Gasteiger partial charge on any atom is -0.310 e. The number of benzene rings is 4. The zero-order valence-electron chi connectivity index (χ0n) is 32.6. The van der Waals surface area contributed by atoms with Crippen molar-refractivity contribution in [2.24, 2.45) is 23.7 Å². The van der Waals surface area contributed by atoms with Crippen LogP contribution in [0.5, 0.6) is 0 Å². The van der Waals surface area contributed by atoms with Crippen LogP contribution in [0.15, 0.2) is 78.9 Å². The van der Waals surface area contributed by atoms with Gasteiger partial charge in [-0.25, -0.2) is 0 Å². The van der Waals surface area contributed by atoms with Crippen LogP contribution in [-0.2, 0) is 27.1 Å². The summed E-state index contributed by atoms with van der Waals surface area (Å²) in [5, 5.41) is 0. The van der Waals surface area contributed by atoms with Crippen molar-refractivity contribution in [3.8, 4) is 11.1 Å². The van der Waals surface area contributed by atoms with Crippen molar-refractivity contribution in [1.82, 2.24) is 0 Å². The first-order valence-electron chi connectivity index (χ1n) is 20.5. The van der Waals surface area contributed by atoms with Crippen LogP contribution in [0.4, 0.5) is 17.1 Å². The number of hydrogen-bond donors (Lipinski definition) is 0. The highest BCUT2D eigenvalue weighted by atomic mass is 15.2. The first-order valence-corrected chi connectivity index (χ1v) is 20.5. The van der Waals surface area contributed by atoms with E-state index in [9.17, 15) is 0 Å². The van der Waals surface area contributed by atoms with E-state index in [1.807, 2.05) is 0 Å². The molecule has 0 saturated heterocycles. The van der Waals surface area contributed by atoms with Gasteiger partial charge >= 0.3 is 0 Å². The summed E-state index contributed by atoms with van der Waals surface area (Å²) < 4.78 is 0. The third kappa shape index (κ3) is 4.33. The number of rotatable bonds is 3. The zero-order valence-corrected chi connectivity index (χ0v) is 32.6. The van der Waals surface area contributed by atoms with Gasteiger partial charge in [0, 0.05) is 11.1 Å². The Kier molecular flexibility index (Phi) is 6.61. The minimum atomic E-state index is 0.0823. The summed E-state index contributed by atoms with van der Waals surface area (Å²) in [6.07, 6.45) is 12.0. The molecule has 7 aliphatic carbocycles. The monoisotopic (exact) mass is 673 g/mol. The van der Waals surface area contributed by atoms with Crippen LogP contribution in [-0.4, -0.2) is 0 Å². The molecule has 0 aromatic heterocycles. The van der Waals surface area contributed by atoms with Gasteiger partial charge in [0.05, 0.1) is 11.4 Å². The van der Waals surface area contributed by atoms with Gasteiger partial charge in [-0.2, -0.15) is 0 Å². The molecule has 4 aromatic carbocycles. The van der Waals surface area contributed by atoms with E-state index < -0.39 is 0 Å². The summed E-state index contributed by atoms with van der Waals surface area (Å²) >= 11 is 0. The first kappa shape index (κ1) is 32.3. The summed E-state index contributed by atoms with van der Waals surface area (Å²) in [5.41, 5.74) is 17.3. The van der Waals surface area contributed by atoms with E-state index in [0.717, 1.165) is 23.7 Å². The fourth-order valence-corrected chi connectivity index (χ4v) is 13.5. The van der Waals surface area contributed by atoms with Gasteiger partial charge in [-0.05, 0) is 172 Å². The molecule has 0 heterocycles. The van der Waals surface area contributed by atoms with Crippen molar-refractivity contribution in [2.75, 3.05) is 4.90 Å². The maximum atomic E-state index is 2.77. The lowest BCUT2D eigenvalue weighted by molar-refractivity contribution is -0.0399. The molecule has 51 heavy (non-hydrogen) atoms. The van der Waals surface area contributed by atoms with Crippen LogP contribution < -0.4 is 4.90 Å². The molecule has 4 aromatic rings. The Bertz CT molecular complexity index is 1980. The average molecular weight is 674 g/mol. The molecule has 0 radical (unpaired) electrons. The summed E-state index contributed by atoms with van der Waals surface area (Å²) in [6, 6.07) is 32.0. The summed E-state index contributed by atoms with van der Waals surface area (Å²) in [7, 11) is 0. The molecule has 11 rings (SSSR count). The van der Waals surface area contributed by atoms with Gasteiger partial charge in [0.15, 0.2) is 0 Å². The van der Waals surface area contributed by atoms with E-state index in [1.165, 1.54) is 97.1 Å². The zero-order chi connectivity index (χ0) is 35.3. The van der Waals surface area contributed by atoms with Gasteiger partial charge < -0.3 is 4.90 Å². The molecule has 1 nitrogen and oxygen atoms in total. The second-order valence-corrected chi connectivity index (χ2v) is 20.7. The normalized spacial score (nSPS) is 30.7. The molecule has 264 valence electrons. The van der Waals surface area contributed by atoms with E-state index in [2.05, 4.69) is 139 Å². The summed E-state index contributed by atoms with van der Waals surface area (Å²) in [4.78, 5) is 2.77. The fraction of sp³-hybridized carbons (Fsp3) is 0.520. The van der Waals surface area contributed by atoms with Gasteiger partial charge in [-0.1, -0.05) is 110 Å². The Morgan fingerprint density at radius 1 is 0.451 bits per heavy atom. The Morgan fingerprint density at radius 3 is 1.47 bits per heavy atom. The quantitative estimate of drug-likeness (QED) is 0.209. The van der Waals surface area contributed by atoms with Crippen LogP contribution >= 0.6 is 0 Å². The topological polar surface area (TPSA) is 3.24 Å². The van der Waals surface area contributed by atoms with E-state index >= 15 is 0 Å². The molecule has 0 atom stereocenters. The maximum Gasteiger partial charge on any atom is 0.0502 e. The highest BCUT2D eigenvalue weighted by molar-refractivity contribution is 5.88. The van der Waals surface area contributed by atoms with Crippen LogP contribution in [0, 0.1) is 23.7 Å². The standard InChI is InChI=1S/C50H59N/c1-46(2)21-23-48(5,6)44-39(46)15-11-17-42(44)51(43-18-12-16-40-45(43)49(7,8)24-22-47(40,3)4)35-19-20-37-36-13-9-10-14-38(36)50(41(37)30-35)33-26-31-25-32(28-33)29-34(50)27-31/h9-20,30-34H,21-29H2,1-8H3. The van der Waals surface area contributed by atoms with Crippen molar-refractivity contribution < 1.29 is 0 Å². The predicted molar refractivity (Wildman–Crippen MR) is 215 cm³/mol. The Morgan fingerprint density at radius 2 is 0.922 bits per heavy atom. The summed E-state index contributed by atoms with van der Waals surface area (Å²) in [6.45, 7) is 20.0.